The first kappa shape index (κ1) is 17.3. The normalized spacial score (nSPS) is 25.4. The molecule has 1 aliphatic heterocycles. The summed E-state index contributed by atoms with van der Waals surface area (Å²) >= 11 is 0. The molecule has 3 nitrogen and oxygen atoms in total. The standard InChI is InChI=1S/C17H33N2O/c1-3-5-6-7-8-9-10-11-12-17-18-13-14-19(17,4-2)15-16-20/h11-14,17-18,20H,3-10,15-16H2,1-2H3/q+1/b12-11+. The lowest BCUT2D eigenvalue weighted by atomic mass is 10.1. The lowest BCUT2D eigenvalue weighted by Gasteiger charge is -2.34. The van der Waals surface area contributed by atoms with Gasteiger partial charge < -0.3 is 10.4 Å². The summed E-state index contributed by atoms with van der Waals surface area (Å²) in [5, 5.41) is 12.6. The third-order valence-corrected chi connectivity index (χ3v) is 4.34. The second-order valence-corrected chi connectivity index (χ2v) is 5.78. The minimum absolute atomic E-state index is 0.238. The van der Waals surface area contributed by atoms with Crippen LogP contribution in [0.2, 0.25) is 0 Å². The second kappa shape index (κ2) is 10.0. The number of aliphatic hydroxyl groups excluding tert-OH is 1. The van der Waals surface area contributed by atoms with Gasteiger partial charge in [0, 0.05) is 0 Å². The zero-order chi connectivity index (χ0) is 14.7. The van der Waals surface area contributed by atoms with Crippen LogP contribution in [0.15, 0.2) is 24.6 Å². The van der Waals surface area contributed by atoms with E-state index in [1.807, 2.05) is 6.20 Å². The van der Waals surface area contributed by atoms with Gasteiger partial charge in [0.25, 0.3) is 0 Å². The number of allylic oxidation sites excluding steroid dienone is 1. The molecule has 3 heteroatoms. The van der Waals surface area contributed by atoms with Crippen LogP contribution in [-0.4, -0.2) is 35.5 Å². The van der Waals surface area contributed by atoms with Crippen molar-refractivity contribution in [3.05, 3.63) is 24.6 Å². The Morgan fingerprint density at radius 2 is 1.90 bits per heavy atom. The van der Waals surface area contributed by atoms with Gasteiger partial charge in [0.2, 0.25) is 0 Å². The summed E-state index contributed by atoms with van der Waals surface area (Å²) in [5.41, 5.74) is 0. The van der Waals surface area contributed by atoms with Crippen molar-refractivity contribution >= 4 is 0 Å². The van der Waals surface area contributed by atoms with Gasteiger partial charge in [-0.15, -0.1) is 0 Å². The molecule has 20 heavy (non-hydrogen) atoms. The van der Waals surface area contributed by atoms with Gasteiger partial charge in [-0.2, -0.15) is 0 Å². The molecule has 0 aromatic carbocycles. The molecule has 1 aliphatic rings. The molecule has 0 saturated heterocycles. The molecule has 1 rings (SSSR count). The molecular weight excluding hydrogens is 248 g/mol. The fourth-order valence-corrected chi connectivity index (χ4v) is 2.89. The predicted octanol–water partition coefficient (Wildman–Crippen LogP) is 3.52. The maximum absolute atomic E-state index is 9.25. The highest BCUT2D eigenvalue weighted by Gasteiger charge is 2.34. The van der Waals surface area contributed by atoms with E-state index in [4.69, 9.17) is 0 Å². The number of rotatable bonds is 11. The highest BCUT2D eigenvalue weighted by Crippen LogP contribution is 2.19. The zero-order valence-electron chi connectivity index (χ0n) is 13.4. The zero-order valence-corrected chi connectivity index (χ0v) is 13.4. The van der Waals surface area contributed by atoms with Crippen molar-refractivity contribution in [1.82, 2.24) is 5.32 Å². The topological polar surface area (TPSA) is 32.3 Å². The maximum Gasteiger partial charge on any atom is 0.185 e. The number of nitrogens with zero attached hydrogens (tertiary/aromatic N) is 1. The van der Waals surface area contributed by atoms with Gasteiger partial charge in [-0.3, -0.25) is 4.48 Å². The van der Waals surface area contributed by atoms with E-state index in [0.717, 1.165) is 17.6 Å². The number of quaternary nitrogens is 1. The first-order chi connectivity index (χ1) is 9.79. The lowest BCUT2D eigenvalue weighted by molar-refractivity contribution is -0.892. The molecule has 0 aromatic heterocycles. The van der Waals surface area contributed by atoms with Crippen LogP contribution in [0.5, 0.6) is 0 Å². The Morgan fingerprint density at radius 3 is 2.60 bits per heavy atom. The fraction of sp³-hybridized carbons (Fsp3) is 0.765. The minimum atomic E-state index is 0.238. The number of hydrogen-bond donors (Lipinski definition) is 2. The van der Waals surface area contributed by atoms with Crippen molar-refractivity contribution in [1.29, 1.82) is 0 Å². The highest BCUT2D eigenvalue weighted by atomic mass is 16.3. The van der Waals surface area contributed by atoms with E-state index >= 15 is 0 Å². The van der Waals surface area contributed by atoms with Gasteiger partial charge in [-0.05, 0) is 25.8 Å². The SMILES string of the molecule is CCCCCCCC/C=C/C1NC=C[N+]1(CC)CCO. The molecule has 2 atom stereocenters. The second-order valence-electron chi connectivity index (χ2n) is 5.78. The van der Waals surface area contributed by atoms with Gasteiger partial charge in [0.15, 0.2) is 6.17 Å². The van der Waals surface area contributed by atoms with Crippen LogP contribution in [0, 0.1) is 0 Å². The quantitative estimate of drug-likeness (QED) is 0.345. The fourth-order valence-electron chi connectivity index (χ4n) is 2.89. The minimum Gasteiger partial charge on any atom is -0.390 e. The summed E-state index contributed by atoms with van der Waals surface area (Å²) in [6.07, 6.45) is 18.4. The van der Waals surface area contributed by atoms with E-state index in [1.165, 1.54) is 44.9 Å². The molecule has 0 aliphatic carbocycles. The molecule has 0 saturated carbocycles. The smallest absolute Gasteiger partial charge is 0.185 e. The third-order valence-electron chi connectivity index (χ3n) is 4.34. The molecule has 0 radical (unpaired) electrons. The monoisotopic (exact) mass is 281 g/mol. The molecule has 2 N–H and O–H groups in total. The summed E-state index contributed by atoms with van der Waals surface area (Å²) in [5.74, 6) is 0. The van der Waals surface area contributed by atoms with Crippen molar-refractivity contribution in [2.45, 2.75) is 65.0 Å². The average Bonchev–Trinajstić information content (AvgIpc) is 2.86. The Balaban J connectivity index is 2.24. The Bertz CT molecular complexity index is 301. The van der Waals surface area contributed by atoms with Crippen molar-refractivity contribution in [2.24, 2.45) is 0 Å². The predicted molar refractivity (Wildman–Crippen MR) is 86.0 cm³/mol. The number of nitrogens with one attached hydrogen (secondary N) is 1. The van der Waals surface area contributed by atoms with Crippen LogP contribution >= 0.6 is 0 Å². The Labute approximate surface area is 125 Å². The molecular formula is C17H33N2O+. The molecule has 0 spiro atoms. The van der Waals surface area contributed by atoms with Gasteiger partial charge in [0.05, 0.1) is 19.4 Å². The number of unbranched alkanes of at least 4 members (excludes halogenated alkanes) is 6. The third kappa shape index (κ3) is 5.29. The highest BCUT2D eigenvalue weighted by molar-refractivity contribution is 4.97. The molecule has 0 fully saturated rings. The summed E-state index contributed by atoms with van der Waals surface area (Å²) in [7, 11) is 0. The van der Waals surface area contributed by atoms with Crippen LogP contribution in [0.4, 0.5) is 0 Å². The first-order valence-electron chi connectivity index (χ1n) is 8.36. The molecule has 116 valence electrons. The van der Waals surface area contributed by atoms with E-state index in [1.54, 1.807) is 0 Å². The molecule has 0 bridgehead atoms. The average molecular weight is 281 g/mol. The Kier molecular flexibility index (Phi) is 8.63. The Hall–Kier alpha value is -0.800. The van der Waals surface area contributed by atoms with Crippen LogP contribution in [-0.2, 0) is 0 Å². The first-order valence-corrected chi connectivity index (χ1v) is 8.36. The number of hydrogen-bond acceptors (Lipinski definition) is 2. The van der Waals surface area contributed by atoms with Crippen molar-refractivity contribution in [3.8, 4) is 0 Å². The Morgan fingerprint density at radius 1 is 1.15 bits per heavy atom. The summed E-state index contributed by atoms with van der Waals surface area (Å²) in [6, 6.07) is 0. The van der Waals surface area contributed by atoms with Crippen molar-refractivity contribution in [3.63, 3.8) is 0 Å². The van der Waals surface area contributed by atoms with Crippen LogP contribution in [0.1, 0.15) is 58.8 Å². The maximum atomic E-state index is 9.25. The molecule has 2 unspecified atom stereocenters. The lowest BCUT2D eigenvalue weighted by Crippen LogP contribution is -2.53. The molecule has 0 aromatic rings. The summed E-state index contributed by atoms with van der Waals surface area (Å²) in [6.45, 7) is 6.47. The van der Waals surface area contributed by atoms with Gasteiger partial charge >= 0.3 is 0 Å². The van der Waals surface area contributed by atoms with E-state index in [0.29, 0.717) is 6.17 Å². The van der Waals surface area contributed by atoms with E-state index < -0.39 is 0 Å². The van der Waals surface area contributed by atoms with Gasteiger partial charge in [-0.25, -0.2) is 0 Å². The molecule has 0 amide bonds. The van der Waals surface area contributed by atoms with E-state index in [2.05, 4.69) is 37.5 Å². The van der Waals surface area contributed by atoms with E-state index in [9.17, 15) is 5.11 Å². The van der Waals surface area contributed by atoms with Gasteiger partial charge in [-0.1, -0.05) is 45.1 Å². The summed E-state index contributed by atoms with van der Waals surface area (Å²) < 4.78 is 0.823. The van der Waals surface area contributed by atoms with Crippen LogP contribution in [0.3, 0.4) is 0 Å². The van der Waals surface area contributed by atoms with Crippen molar-refractivity contribution in [2.75, 3.05) is 19.7 Å². The largest absolute Gasteiger partial charge is 0.390 e. The number of aliphatic hydroxyl groups is 1. The van der Waals surface area contributed by atoms with Gasteiger partial charge in [0.1, 0.15) is 12.7 Å². The summed E-state index contributed by atoms with van der Waals surface area (Å²) in [4.78, 5) is 0. The number of likely N-dealkylation sites (N-methyl/N-ethyl adjacent to an activating group) is 1. The van der Waals surface area contributed by atoms with E-state index in [-0.39, 0.29) is 6.61 Å². The molecule has 1 heterocycles. The van der Waals surface area contributed by atoms with Crippen LogP contribution in [0.25, 0.3) is 0 Å². The van der Waals surface area contributed by atoms with Crippen molar-refractivity contribution < 1.29 is 9.59 Å². The van der Waals surface area contributed by atoms with Crippen LogP contribution < -0.4 is 5.32 Å².